The van der Waals surface area contributed by atoms with Crippen LogP contribution in [0.3, 0.4) is 0 Å². The highest BCUT2D eigenvalue weighted by atomic mass is 32.2. The smallest absolute Gasteiger partial charge is 0.0504 e. The molecule has 1 aliphatic rings. The first-order valence-corrected chi connectivity index (χ1v) is 19.1. The highest BCUT2D eigenvalue weighted by molar-refractivity contribution is 7.84. The molecule has 43 heavy (non-hydrogen) atoms. The summed E-state index contributed by atoms with van der Waals surface area (Å²) in [4.78, 5) is 0.915. The highest BCUT2D eigenvalue weighted by Crippen LogP contribution is 2.26. The van der Waals surface area contributed by atoms with E-state index in [0.29, 0.717) is 0 Å². The highest BCUT2D eigenvalue weighted by Gasteiger charge is 2.12. The van der Waals surface area contributed by atoms with Gasteiger partial charge >= 0.3 is 0 Å². The summed E-state index contributed by atoms with van der Waals surface area (Å²) in [7, 11) is 1.11. The normalized spacial score (nSPS) is 13.5. The second-order valence-corrected chi connectivity index (χ2v) is 13.7. The molecule has 3 heteroatoms. The van der Waals surface area contributed by atoms with Gasteiger partial charge in [0, 0.05) is 11.2 Å². The van der Waals surface area contributed by atoms with Crippen LogP contribution in [0.1, 0.15) is 140 Å². The topological polar surface area (TPSA) is 29.1 Å². The molecule has 0 bridgehead atoms. The summed E-state index contributed by atoms with van der Waals surface area (Å²) in [5.74, 6) is 3.80. The van der Waals surface area contributed by atoms with Gasteiger partial charge in [-0.05, 0) is 80.3 Å². The lowest BCUT2D eigenvalue weighted by atomic mass is 10.0. The van der Waals surface area contributed by atoms with Gasteiger partial charge in [-0.25, -0.2) is 0 Å². The van der Waals surface area contributed by atoms with Crippen molar-refractivity contribution in [2.75, 3.05) is 19.8 Å². The van der Waals surface area contributed by atoms with E-state index in [1.54, 1.807) is 6.26 Å². The first-order chi connectivity index (χ1) is 20.5. The maximum atomic E-state index is 11.4. The number of benzene rings is 2. The summed E-state index contributed by atoms with van der Waals surface area (Å²) in [6, 6.07) is 13.9. The molecule has 1 aliphatic carbocycles. The van der Waals surface area contributed by atoms with E-state index < -0.39 is 10.8 Å². The van der Waals surface area contributed by atoms with E-state index in [4.69, 9.17) is 0 Å². The largest absolute Gasteiger partial charge is 0.320 e. The van der Waals surface area contributed by atoms with Gasteiger partial charge in [-0.3, -0.25) is 4.21 Å². The predicted octanol–water partition coefficient (Wildman–Crippen LogP) is 12.9. The molecule has 0 amide bonds. The second kappa shape index (κ2) is 32.0. The Balaban J connectivity index is -0.000000480. The van der Waals surface area contributed by atoms with Gasteiger partial charge in [0.25, 0.3) is 0 Å². The van der Waals surface area contributed by atoms with E-state index >= 15 is 0 Å². The third-order valence-corrected chi connectivity index (χ3v) is 8.72. The summed E-state index contributed by atoms with van der Waals surface area (Å²) in [6.45, 7) is 29.2. The Hall–Kier alpha value is -1.45. The van der Waals surface area contributed by atoms with Crippen LogP contribution in [0.2, 0.25) is 0 Å². The molecule has 0 spiro atoms. The van der Waals surface area contributed by atoms with Crippen molar-refractivity contribution in [2.24, 2.45) is 23.7 Å². The van der Waals surface area contributed by atoms with Crippen molar-refractivity contribution in [3.63, 3.8) is 0 Å². The molecule has 252 valence electrons. The van der Waals surface area contributed by atoms with Crippen molar-refractivity contribution in [1.82, 2.24) is 5.32 Å². The number of rotatable bonds is 12. The van der Waals surface area contributed by atoms with Crippen LogP contribution in [0.4, 0.5) is 0 Å². The molecule has 0 heterocycles. The number of nitrogens with one attached hydrogen (secondary N) is 1. The average Bonchev–Trinajstić information content (AvgIpc) is 3.82. The Bertz CT molecular complexity index is 895. The van der Waals surface area contributed by atoms with E-state index in [-0.39, 0.29) is 0 Å². The lowest BCUT2D eigenvalue weighted by Crippen LogP contribution is -2.11. The molecule has 1 saturated carbocycles. The molecule has 2 nitrogen and oxygen atoms in total. The van der Waals surface area contributed by atoms with Crippen LogP contribution in [0.25, 0.3) is 10.8 Å². The lowest BCUT2D eigenvalue weighted by Gasteiger charge is -2.07. The minimum Gasteiger partial charge on any atom is -0.320 e. The zero-order valence-corrected chi connectivity index (χ0v) is 32.0. The monoisotopic (exact) mass is 618 g/mol. The second-order valence-electron chi connectivity index (χ2n) is 12.3. The van der Waals surface area contributed by atoms with Crippen LogP contribution >= 0.6 is 0 Å². The molecule has 1 N–H and O–H groups in total. The molecule has 0 radical (unpaired) electrons. The molecule has 0 aromatic heterocycles. The molecule has 0 aliphatic heterocycles. The summed E-state index contributed by atoms with van der Waals surface area (Å²) in [6.07, 6.45) is 15.2. The Morgan fingerprint density at radius 1 is 0.860 bits per heavy atom. The lowest BCUT2D eigenvalue weighted by molar-refractivity contribution is 0.476. The predicted molar refractivity (Wildman–Crippen MR) is 202 cm³/mol. The van der Waals surface area contributed by atoms with Crippen molar-refractivity contribution in [3.8, 4) is 0 Å². The quantitative estimate of drug-likeness (QED) is 0.240. The molecule has 1 fully saturated rings. The summed E-state index contributed by atoms with van der Waals surface area (Å²) >= 11 is 0. The fraction of sp³-hybridized carbons (Fsp3) is 0.700. The van der Waals surface area contributed by atoms with Gasteiger partial charge in [0.2, 0.25) is 0 Å². The number of hydrogen-bond donors (Lipinski definition) is 1. The van der Waals surface area contributed by atoms with E-state index in [0.717, 1.165) is 39.3 Å². The summed E-state index contributed by atoms with van der Waals surface area (Å²) in [5.41, 5.74) is 1.32. The molecule has 2 aromatic rings. The Kier molecular flexibility index (Phi) is 34.2. The first kappa shape index (κ1) is 46.0. The van der Waals surface area contributed by atoms with Gasteiger partial charge in [0.1, 0.15) is 0 Å². The van der Waals surface area contributed by atoms with Gasteiger partial charge in [-0.2, -0.15) is 0 Å². The average molecular weight is 618 g/mol. The number of allylic oxidation sites excluding steroid dienone is 1. The molecule has 3 atom stereocenters. The maximum Gasteiger partial charge on any atom is 0.0504 e. The van der Waals surface area contributed by atoms with Gasteiger partial charge in [0.05, 0.1) is 10.8 Å². The zero-order chi connectivity index (χ0) is 33.6. The van der Waals surface area contributed by atoms with Crippen molar-refractivity contribution in [2.45, 2.75) is 145 Å². The maximum absolute atomic E-state index is 11.4. The van der Waals surface area contributed by atoms with Crippen LogP contribution in [-0.4, -0.2) is 24.1 Å². The third-order valence-electron chi connectivity index (χ3n) is 7.75. The van der Waals surface area contributed by atoms with E-state index in [9.17, 15) is 4.21 Å². The van der Waals surface area contributed by atoms with Gasteiger partial charge in [0.15, 0.2) is 0 Å². The van der Waals surface area contributed by atoms with Gasteiger partial charge in [-0.15, -0.1) is 6.58 Å². The van der Waals surface area contributed by atoms with Crippen LogP contribution in [0.15, 0.2) is 59.5 Å². The third kappa shape index (κ3) is 30.4. The first-order valence-electron chi connectivity index (χ1n) is 17.6. The minimum absolute atomic E-state index is 0.877. The van der Waals surface area contributed by atoms with Crippen LogP contribution in [0.5, 0.6) is 0 Å². The fourth-order valence-corrected chi connectivity index (χ4v) is 4.39. The molecule has 0 saturated heterocycles. The number of fused-ring (bicyclic) bond motifs is 1. The zero-order valence-electron chi connectivity index (χ0n) is 31.2. The van der Waals surface area contributed by atoms with Crippen molar-refractivity contribution in [1.29, 1.82) is 0 Å². The van der Waals surface area contributed by atoms with Crippen LogP contribution in [-0.2, 0) is 10.8 Å². The summed E-state index contributed by atoms with van der Waals surface area (Å²) in [5, 5.41) is 5.39. The SMILES string of the molecule is C=C(C)CCC(C)CC.CC.CC1CC1.CCC(C)CC.CCCC(C)CCNC.CS(=O)c1cccc2ccccc12. The number of hydrogen-bond acceptors (Lipinski definition) is 2. The Labute approximate surface area is 273 Å². The van der Waals surface area contributed by atoms with Gasteiger partial charge in [-0.1, -0.05) is 156 Å². The van der Waals surface area contributed by atoms with E-state index in [2.05, 4.69) is 74.2 Å². The molecular formula is C40H75NOS. The van der Waals surface area contributed by atoms with E-state index in [1.807, 2.05) is 63.4 Å². The fourth-order valence-electron chi connectivity index (χ4n) is 3.63. The Morgan fingerprint density at radius 3 is 1.77 bits per heavy atom. The van der Waals surface area contributed by atoms with Crippen LogP contribution < -0.4 is 5.32 Å². The van der Waals surface area contributed by atoms with Crippen molar-refractivity contribution in [3.05, 3.63) is 54.6 Å². The minimum atomic E-state index is -0.904. The van der Waals surface area contributed by atoms with Crippen molar-refractivity contribution >= 4 is 21.6 Å². The van der Waals surface area contributed by atoms with Crippen molar-refractivity contribution < 1.29 is 4.21 Å². The molecule has 3 rings (SSSR count). The van der Waals surface area contributed by atoms with E-state index in [1.165, 1.54) is 76.3 Å². The van der Waals surface area contributed by atoms with Gasteiger partial charge < -0.3 is 5.32 Å². The summed E-state index contributed by atoms with van der Waals surface area (Å²) < 4.78 is 11.4. The Morgan fingerprint density at radius 2 is 1.37 bits per heavy atom. The molecule has 3 unspecified atom stereocenters. The van der Waals surface area contributed by atoms with Crippen LogP contribution in [0, 0.1) is 23.7 Å². The molecular weight excluding hydrogens is 543 g/mol. The molecule has 2 aromatic carbocycles. The standard InChI is InChI=1S/C11H10OS.C9H18.C8H19N.C6H14.C4H8.C2H6/c1-13(12)11-8-4-6-9-5-2-3-7-10(9)11;1-5-9(4)7-6-8(2)3;1-4-5-8(2)6-7-9-3;1-4-6(3)5-2;1-4-2-3-4;1-2/h2-8H,1H3;9H,2,5-7H2,1,3-4H3;8-9H,4-7H2,1-3H3;6H,4-5H2,1-3H3;4H,2-3H2,1H3;1-2H3.